The van der Waals surface area contributed by atoms with E-state index in [-0.39, 0.29) is 28.6 Å². The number of aliphatic hydroxyl groups excluding tert-OH is 3. The lowest BCUT2D eigenvalue weighted by atomic mass is 9.29. The van der Waals surface area contributed by atoms with E-state index in [0.717, 1.165) is 134 Å². The highest BCUT2D eigenvalue weighted by atomic mass is 16.4. The van der Waals surface area contributed by atoms with Crippen LogP contribution < -0.4 is 21.1 Å². The molecule has 85 heavy (non-hydrogen) atoms. The van der Waals surface area contributed by atoms with Crippen molar-refractivity contribution < 1.29 is 25.2 Å². The SMILES string of the molecule is CC(C)CC1=CCC2(C)C(O)CCC34C5=C6CC1(C=C1C(=c7ccccc7=CC13)Cc1cccc(c1)C1=CC=C(NCCCC(C3CCCCC3)C(=CO)CCC(C(=O)O)C3C(O)CC6(C6CCC(Cc7ccccc7)CC6)C3(C)CC5)NC1)C24. The van der Waals surface area contributed by atoms with E-state index in [2.05, 4.69) is 148 Å². The molecule has 6 heterocycles. The molecule has 0 aromatic heterocycles. The van der Waals surface area contributed by atoms with Crippen LogP contribution >= 0.6 is 0 Å². The van der Waals surface area contributed by atoms with Crippen LogP contribution in [0.15, 0.2) is 143 Å². The van der Waals surface area contributed by atoms with Gasteiger partial charge in [-0.1, -0.05) is 167 Å². The van der Waals surface area contributed by atoms with Crippen molar-refractivity contribution in [3.63, 3.8) is 0 Å². The molecule has 15 aliphatic rings. The maximum atomic E-state index is 14.6. The molecule has 4 fully saturated rings. The minimum atomic E-state index is -0.789. The second kappa shape index (κ2) is 22.3. The van der Waals surface area contributed by atoms with Crippen molar-refractivity contribution in [1.82, 2.24) is 10.6 Å². The van der Waals surface area contributed by atoms with Crippen LogP contribution in [0.5, 0.6) is 0 Å². The number of nitrogens with one attached hydrogen (secondary N) is 2. The monoisotopic (exact) mass is 1140 g/mol. The number of dihydropyridines is 1. The van der Waals surface area contributed by atoms with Crippen LogP contribution in [-0.2, 0) is 17.6 Å². The van der Waals surface area contributed by atoms with E-state index < -0.39 is 46.3 Å². The number of benzene rings is 3. The summed E-state index contributed by atoms with van der Waals surface area (Å²) >= 11 is 0. The van der Waals surface area contributed by atoms with Gasteiger partial charge >= 0.3 is 5.97 Å². The Labute approximate surface area is 507 Å². The molecular formula is C78H98N2O5. The smallest absolute Gasteiger partial charge is 0.306 e. The Morgan fingerprint density at radius 1 is 0.812 bits per heavy atom. The van der Waals surface area contributed by atoms with Crippen molar-refractivity contribution >= 4 is 23.2 Å². The lowest BCUT2D eigenvalue weighted by molar-refractivity contribution is -0.168. The third kappa shape index (κ3) is 9.23. The van der Waals surface area contributed by atoms with E-state index in [1.165, 1.54) is 69.4 Å². The van der Waals surface area contributed by atoms with E-state index in [1.54, 1.807) is 16.7 Å². The average Bonchev–Trinajstić information content (AvgIpc) is 1.56. The third-order valence-corrected chi connectivity index (χ3v) is 26.0. The maximum absolute atomic E-state index is 14.6. The van der Waals surface area contributed by atoms with Gasteiger partial charge in [0.05, 0.1) is 30.2 Å². The molecule has 3 aromatic carbocycles. The molecule has 7 heteroatoms. The van der Waals surface area contributed by atoms with Gasteiger partial charge in [-0.3, -0.25) is 4.79 Å². The minimum Gasteiger partial charge on any atom is -0.516 e. The molecule has 6 N–H and O–H groups in total. The number of rotatable bonds is 7. The Hall–Kier alpha value is -5.37. The number of allylic oxidation sites excluding steroid dienone is 9. The highest BCUT2D eigenvalue weighted by Gasteiger charge is 2.77. The molecule has 2 spiro atoms. The molecule has 18 rings (SSSR count). The summed E-state index contributed by atoms with van der Waals surface area (Å²) in [5, 5.41) is 60.0. The highest BCUT2D eigenvalue weighted by molar-refractivity contribution is 5.78. The summed E-state index contributed by atoms with van der Waals surface area (Å²) in [5.74, 6) is 1.25. The number of aliphatic carboxylic acids is 1. The molecule has 14 bridgehead atoms. The average molecular weight is 1140 g/mol. The molecule has 3 aromatic rings. The molecule has 6 aliphatic heterocycles. The van der Waals surface area contributed by atoms with Gasteiger partial charge in [0.2, 0.25) is 0 Å². The Bertz CT molecular complexity index is 3400. The number of carboxylic acid groups (broad SMARTS) is 1. The summed E-state index contributed by atoms with van der Waals surface area (Å²) < 4.78 is 0. The van der Waals surface area contributed by atoms with E-state index in [1.807, 2.05) is 0 Å². The van der Waals surface area contributed by atoms with Crippen molar-refractivity contribution in [2.45, 2.75) is 188 Å². The van der Waals surface area contributed by atoms with Crippen molar-refractivity contribution in [2.75, 3.05) is 13.1 Å². The first-order valence-electron chi connectivity index (χ1n) is 34.1. The first-order valence-corrected chi connectivity index (χ1v) is 34.1. The Kier molecular flexibility index (Phi) is 15.1. The number of hydrogen-bond acceptors (Lipinski definition) is 6. The predicted molar refractivity (Wildman–Crippen MR) is 343 cm³/mol. The zero-order valence-corrected chi connectivity index (χ0v) is 51.7. The van der Waals surface area contributed by atoms with Crippen LogP contribution in [0.25, 0.3) is 17.2 Å². The topological polar surface area (TPSA) is 122 Å². The summed E-state index contributed by atoms with van der Waals surface area (Å²) in [4.78, 5) is 14.6. The first kappa shape index (κ1) is 57.4. The summed E-state index contributed by atoms with van der Waals surface area (Å²) in [6.45, 7) is 11.3. The molecule has 12 atom stereocenters. The lowest BCUT2D eigenvalue weighted by Gasteiger charge is -2.74. The molecule has 0 saturated heterocycles. The minimum absolute atomic E-state index is 0.0896. The van der Waals surface area contributed by atoms with Crippen molar-refractivity contribution in [3.8, 4) is 0 Å². The van der Waals surface area contributed by atoms with Gasteiger partial charge in [-0.25, -0.2) is 0 Å². The van der Waals surface area contributed by atoms with Gasteiger partial charge in [-0.2, -0.15) is 0 Å². The Morgan fingerprint density at radius 2 is 1.61 bits per heavy atom. The lowest BCUT2D eigenvalue weighted by Crippen LogP contribution is -2.69. The van der Waals surface area contributed by atoms with Crippen molar-refractivity contribution in [2.24, 2.45) is 80.3 Å². The standard InChI is InChI=1S/C78H98N2O5/c1-49(2)39-59-32-35-74(3)69(83)34-37-77-65-33-36-75(4)71-62(72(84)85)30-26-57(48-81)60(53-18-9-6-10-19-53)23-14-38-79-70-31-27-56(47-80-70)54-21-13-17-52(41-54)42-63-61-22-12-11-20-55(61)43-66(77)64(63)44-76(59,73(74)77)45-67(65)78(75,46-68(71)82)58-28-24-51(25-29-58)40-50-15-7-5-8-16-50/h5,7-8,11-13,15-17,20-22,27,31-32,41,43-44,48-49,51,53,58,60,62,66,68-69,71,73,79-83H,6,9-10,14,18-19,23-26,28-30,33-40,42,45-47H2,1-4H3,(H,84,85). The largest absolute Gasteiger partial charge is 0.516 e. The van der Waals surface area contributed by atoms with Crippen LogP contribution in [-0.4, -0.2) is 51.7 Å². The molecule has 9 aliphatic carbocycles. The molecule has 450 valence electrons. The van der Waals surface area contributed by atoms with Crippen LogP contribution in [0.1, 0.15) is 179 Å². The predicted octanol–water partition coefficient (Wildman–Crippen LogP) is 14.8. The second-order valence-electron chi connectivity index (χ2n) is 30.4. The Morgan fingerprint density at radius 3 is 2.38 bits per heavy atom. The Balaban J connectivity index is 0.985. The van der Waals surface area contributed by atoms with Gasteiger partial charge in [-0.05, 0) is 225 Å². The molecule has 12 unspecified atom stereocenters. The van der Waals surface area contributed by atoms with Gasteiger partial charge < -0.3 is 31.1 Å². The number of aliphatic hydroxyl groups is 3. The van der Waals surface area contributed by atoms with E-state index in [0.29, 0.717) is 42.9 Å². The molecule has 0 radical (unpaired) electrons. The van der Waals surface area contributed by atoms with Crippen LogP contribution in [0.4, 0.5) is 0 Å². The van der Waals surface area contributed by atoms with Gasteiger partial charge in [0.15, 0.2) is 0 Å². The fourth-order valence-corrected chi connectivity index (χ4v) is 22.6. The zero-order valence-electron chi connectivity index (χ0n) is 51.7. The number of fused-ring (bicyclic) bond motifs is 1. The fourth-order valence-electron chi connectivity index (χ4n) is 22.6. The van der Waals surface area contributed by atoms with Crippen molar-refractivity contribution in [3.05, 3.63) is 170 Å². The molecule has 7 nitrogen and oxygen atoms in total. The summed E-state index contributed by atoms with van der Waals surface area (Å²) in [6, 6.07) is 29.7. The normalized spacial score (nSPS) is 38.6. The number of carboxylic acids is 1. The molecule has 0 amide bonds. The molecule has 4 saturated carbocycles. The number of hydrogen-bond donors (Lipinski definition) is 6. The zero-order chi connectivity index (χ0) is 58.5. The summed E-state index contributed by atoms with van der Waals surface area (Å²) in [5.41, 5.74) is 12.1. The van der Waals surface area contributed by atoms with Gasteiger partial charge in [0.1, 0.15) is 0 Å². The van der Waals surface area contributed by atoms with Crippen LogP contribution in [0.3, 0.4) is 0 Å². The highest BCUT2D eigenvalue weighted by Crippen LogP contribution is 2.83. The number of carbonyl (C=O) groups is 1. The maximum Gasteiger partial charge on any atom is 0.306 e. The quantitative estimate of drug-likeness (QED) is 0.103. The third-order valence-electron chi connectivity index (χ3n) is 26.0. The second-order valence-corrected chi connectivity index (χ2v) is 30.4. The van der Waals surface area contributed by atoms with Gasteiger partial charge in [0, 0.05) is 46.6 Å². The van der Waals surface area contributed by atoms with Crippen LogP contribution in [0, 0.1) is 80.3 Å². The molecular weight excluding hydrogens is 1040 g/mol. The van der Waals surface area contributed by atoms with E-state index >= 15 is 0 Å². The first-order chi connectivity index (χ1) is 41.2. The van der Waals surface area contributed by atoms with E-state index in [4.69, 9.17) is 0 Å². The van der Waals surface area contributed by atoms with E-state index in [9.17, 15) is 25.2 Å². The summed E-state index contributed by atoms with van der Waals surface area (Å²) in [6.07, 6.45) is 34.7. The summed E-state index contributed by atoms with van der Waals surface area (Å²) in [7, 11) is 0. The van der Waals surface area contributed by atoms with Crippen molar-refractivity contribution in [1.29, 1.82) is 0 Å². The fraction of sp³-hybridized carbons (Fsp3) is 0.577. The van der Waals surface area contributed by atoms with Gasteiger partial charge in [0.25, 0.3) is 0 Å². The van der Waals surface area contributed by atoms with Crippen LogP contribution in [0.2, 0.25) is 0 Å². The van der Waals surface area contributed by atoms with Gasteiger partial charge in [-0.15, -0.1) is 0 Å².